The van der Waals surface area contributed by atoms with Crippen LogP contribution in [0.3, 0.4) is 0 Å². The van der Waals surface area contributed by atoms with Crippen LogP contribution in [0.4, 0.5) is 14.5 Å². The van der Waals surface area contributed by atoms with Crippen molar-refractivity contribution in [1.29, 1.82) is 0 Å². The fraction of sp³-hybridized carbons (Fsp3) is 0.143. The topological polar surface area (TPSA) is 56.0 Å². The number of hydrogen-bond donors (Lipinski definition) is 1. The van der Waals surface area contributed by atoms with Crippen molar-refractivity contribution < 1.29 is 13.6 Å². The molecule has 0 bridgehead atoms. The van der Waals surface area contributed by atoms with Gasteiger partial charge in [0.05, 0.1) is 5.56 Å². The van der Waals surface area contributed by atoms with E-state index >= 15 is 0 Å². The molecule has 0 spiro atoms. The minimum Gasteiger partial charge on any atom is -0.398 e. The van der Waals surface area contributed by atoms with Crippen LogP contribution in [0.25, 0.3) is 0 Å². The summed E-state index contributed by atoms with van der Waals surface area (Å²) in [5.41, 5.74) is 4.06. The number of rotatable bonds is 2. The molecule has 1 aromatic rings. The Morgan fingerprint density at radius 3 is 2.64 bits per heavy atom. The molecule has 3 nitrogen and oxygen atoms in total. The monoisotopic (exact) mass is 332 g/mol. The zero-order valence-electron chi connectivity index (χ0n) is 6.60. The number of hydrogen-bond acceptors (Lipinski definition) is 3. The molecule has 0 fully saturated rings. The first-order valence-electron chi connectivity index (χ1n) is 3.37. The van der Waals surface area contributed by atoms with Crippen LogP contribution < -0.4 is 5.73 Å². The molecule has 0 amide bonds. The number of alkyl halides is 2. The molecule has 1 rings (SSSR count). The van der Waals surface area contributed by atoms with Crippen LogP contribution in [0.5, 0.6) is 0 Å². The average Bonchev–Trinajstić information content (AvgIpc) is 2.01. The molecule has 1 heterocycles. The summed E-state index contributed by atoms with van der Waals surface area (Å²) in [4.78, 5) is 14.4. The van der Waals surface area contributed by atoms with Gasteiger partial charge in [-0.2, -0.15) is 0 Å². The fourth-order valence-electron chi connectivity index (χ4n) is 0.921. The smallest absolute Gasteiger partial charge is 0.271 e. The molecule has 76 valence electrons. The van der Waals surface area contributed by atoms with E-state index in [0.29, 0.717) is 3.70 Å². The minimum absolute atomic E-state index is 0.177. The molecular weight excluding hydrogens is 328 g/mol. The van der Waals surface area contributed by atoms with Gasteiger partial charge in [-0.3, -0.25) is 4.79 Å². The van der Waals surface area contributed by atoms with Gasteiger partial charge in [0, 0.05) is 5.69 Å². The maximum absolute atomic E-state index is 12.4. The molecule has 0 aromatic carbocycles. The van der Waals surface area contributed by atoms with E-state index in [4.69, 9.17) is 17.3 Å². The Morgan fingerprint density at radius 1 is 1.64 bits per heavy atom. The minimum atomic E-state index is -2.86. The number of nitrogens with two attached hydrogens (primary N) is 1. The van der Waals surface area contributed by atoms with E-state index in [1.807, 2.05) is 0 Å². The predicted octanol–water partition coefficient (Wildman–Crippen LogP) is 2.58. The van der Waals surface area contributed by atoms with E-state index in [1.54, 1.807) is 22.6 Å². The van der Waals surface area contributed by atoms with Gasteiger partial charge in [-0.25, -0.2) is 13.8 Å². The van der Waals surface area contributed by atoms with Gasteiger partial charge in [0.15, 0.2) is 0 Å². The van der Waals surface area contributed by atoms with Gasteiger partial charge in [0.25, 0.3) is 11.7 Å². The quantitative estimate of drug-likeness (QED) is 0.514. The van der Waals surface area contributed by atoms with E-state index in [-0.39, 0.29) is 5.69 Å². The summed E-state index contributed by atoms with van der Waals surface area (Å²) in [6, 6.07) is 1.26. The summed E-state index contributed by atoms with van der Waals surface area (Å²) >= 11 is 6.86. The third-order valence-electron chi connectivity index (χ3n) is 1.46. The molecule has 0 unspecified atom stereocenters. The lowest BCUT2D eigenvalue weighted by molar-refractivity contribution is 0.106. The van der Waals surface area contributed by atoms with Gasteiger partial charge < -0.3 is 5.73 Å². The SMILES string of the molecule is Nc1cc(I)nc(C(=O)Cl)c1C(F)F. The number of carbonyl (C=O) groups is 1. The standard InChI is InChI=1S/C7H4ClF2IN2O/c8-6(14)5-4(7(9)10)2(12)1-3(11)13-5/h1,7H,(H2,12,13). The second-order valence-corrected chi connectivity index (χ2v) is 3.82. The Kier molecular flexibility index (Phi) is 3.59. The molecule has 0 aliphatic carbocycles. The van der Waals surface area contributed by atoms with Crippen LogP contribution >= 0.6 is 34.2 Å². The number of nitrogens with zero attached hydrogens (tertiary/aromatic N) is 1. The highest BCUT2D eigenvalue weighted by molar-refractivity contribution is 14.1. The van der Waals surface area contributed by atoms with Gasteiger partial charge in [0.2, 0.25) is 0 Å². The van der Waals surface area contributed by atoms with E-state index in [0.717, 1.165) is 0 Å². The molecule has 0 aliphatic rings. The zero-order valence-corrected chi connectivity index (χ0v) is 9.51. The molecule has 2 N–H and O–H groups in total. The van der Waals surface area contributed by atoms with Crippen LogP contribution in [0, 0.1) is 3.70 Å². The summed E-state index contributed by atoms with van der Waals surface area (Å²) in [7, 11) is 0. The van der Waals surface area contributed by atoms with Crippen molar-refractivity contribution in [2.75, 3.05) is 5.73 Å². The first-order chi connectivity index (χ1) is 6.43. The van der Waals surface area contributed by atoms with Crippen LogP contribution in [0.15, 0.2) is 6.07 Å². The largest absolute Gasteiger partial charge is 0.398 e. The number of aromatic nitrogens is 1. The molecule has 14 heavy (non-hydrogen) atoms. The third kappa shape index (κ3) is 2.30. The van der Waals surface area contributed by atoms with E-state index in [2.05, 4.69) is 4.98 Å². The highest BCUT2D eigenvalue weighted by Gasteiger charge is 2.22. The van der Waals surface area contributed by atoms with E-state index < -0.39 is 22.9 Å². The first-order valence-corrected chi connectivity index (χ1v) is 4.83. The third-order valence-corrected chi connectivity index (χ3v) is 2.20. The summed E-state index contributed by atoms with van der Waals surface area (Å²) in [6.07, 6.45) is -2.86. The first kappa shape index (κ1) is 11.6. The zero-order chi connectivity index (χ0) is 10.9. The number of nitrogen functional groups attached to an aromatic ring is 1. The molecule has 0 aliphatic heterocycles. The van der Waals surface area contributed by atoms with Crippen molar-refractivity contribution >= 4 is 45.1 Å². The van der Waals surface area contributed by atoms with Crippen molar-refractivity contribution in [3.05, 3.63) is 21.0 Å². The van der Waals surface area contributed by atoms with Crippen molar-refractivity contribution in [2.24, 2.45) is 0 Å². The number of carbonyl (C=O) groups excluding carboxylic acids is 1. The maximum atomic E-state index is 12.4. The lowest BCUT2D eigenvalue weighted by Crippen LogP contribution is -2.07. The van der Waals surface area contributed by atoms with Crippen LogP contribution in [0.1, 0.15) is 22.5 Å². The molecule has 0 atom stereocenters. The molecule has 1 aromatic heterocycles. The molecular formula is C7H4ClF2IN2O. The Balaban J connectivity index is 3.44. The second-order valence-electron chi connectivity index (χ2n) is 2.37. The lowest BCUT2D eigenvalue weighted by Gasteiger charge is -2.07. The van der Waals surface area contributed by atoms with Gasteiger partial charge in [0.1, 0.15) is 9.39 Å². The fourth-order valence-corrected chi connectivity index (χ4v) is 1.64. The van der Waals surface area contributed by atoms with Crippen LogP contribution in [-0.2, 0) is 0 Å². The van der Waals surface area contributed by atoms with E-state index in [1.165, 1.54) is 6.07 Å². The Labute approximate surface area is 96.8 Å². The van der Waals surface area contributed by atoms with Gasteiger partial charge in [-0.1, -0.05) is 0 Å². The second kappa shape index (κ2) is 4.35. The Hall–Kier alpha value is -0.500. The Bertz CT molecular complexity index is 386. The van der Waals surface area contributed by atoms with Crippen molar-refractivity contribution in [3.63, 3.8) is 0 Å². The predicted molar refractivity (Wildman–Crippen MR) is 56.5 cm³/mol. The average molecular weight is 332 g/mol. The van der Waals surface area contributed by atoms with Crippen molar-refractivity contribution in [3.8, 4) is 0 Å². The lowest BCUT2D eigenvalue weighted by atomic mass is 10.2. The molecule has 7 heteroatoms. The van der Waals surface area contributed by atoms with Crippen molar-refractivity contribution in [2.45, 2.75) is 6.43 Å². The number of halogens is 4. The number of anilines is 1. The highest BCUT2D eigenvalue weighted by Crippen LogP contribution is 2.29. The normalized spacial score (nSPS) is 10.6. The molecule has 0 radical (unpaired) electrons. The summed E-state index contributed by atoms with van der Waals surface area (Å²) in [5, 5.41) is -1.04. The van der Waals surface area contributed by atoms with Crippen LogP contribution in [-0.4, -0.2) is 10.2 Å². The van der Waals surface area contributed by atoms with Crippen molar-refractivity contribution in [1.82, 2.24) is 4.98 Å². The summed E-state index contributed by atoms with van der Waals surface area (Å²) < 4.78 is 25.2. The summed E-state index contributed by atoms with van der Waals surface area (Å²) in [5.74, 6) is 0. The Morgan fingerprint density at radius 2 is 2.21 bits per heavy atom. The maximum Gasteiger partial charge on any atom is 0.271 e. The van der Waals surface area contributed by atoms with Gasteiger partial charge in [-0.15, -0.1) is 0 Å². The number of pyridine rings is 1. The molecule has 0 saturated heterocycles. The summed E-state index contributed by atoms with van der Waals surface area (Å²) in [6.45, 7) is 0. The highest BCUT2D eigenvalue weighted by atomic mass is 127. The van der Waals surface area contributed by atoms with Gasteiger partial charge >= 0.3 is 0 Å². The molecule has 0 saturated carbocycles. The van der Waals surface area contributed by atoms with E-state index in [9.17, 15) is 13.6 Å². The van der Waals surface area contributed by atoms with Crippen LogP contribution in [0.2, 0.25) is 0 Å². The van der Waals surface area contributed by atoms with Gasteiger partial charge in [-0.05, 0) is 40.3 Å².